The molecule has 0 aliphatic carbocycles. The molecule has 0 bridgehead atoms. The van der Waals surface area contributed by atoms with E-state index >= 15 is 0 Å². The van der Waals surface area contributed by atoms with Gasteiger partial charge in [-0.25, -0.2) is 4.39 Å². The van der Waals surface area contributed by atoms with Gasteiger partial charge in [-0.3, -0.25) is 4.79 Å². The van der Waals surface area contributed by atoms with Crippen LogP contribution in [0.1, 0.15) is 27.5 Å². The van der Waals surface area contributed by atoms with Gasteiger partial charge < -0.3 is 10.2 Å². The van der Waals surface area contributed by atoms with Crippen LogP contribution in [0, 0.1) is 5.82 Å². The van der Waals surface area contributed by atoms with Crippen LogP contribution in [0.25, 0.3) is 0 Å². The number of likely N-dealkylation sites (N-methyl/N-ethyl adjacent to an activating group) is 1. The Bertz CT molecular complexity index is 725. The molecule has 0 heterocycles. The highest BCUT2D eigenvalue weighted by Crippen LogP contribution is 2.30. The first-order valence-electron chi connectivity index (χ1n) is 8.01. The molecule has 0 spiro atoms. The molecule has 1 atom stereocenters. The van der Waals surface area contributed by atoms with Crippen molar-refractivity contribution in [2.24, 2.45) is 0 Å². The van der Waals surface area contributed by atoms with Crippen molar-refractivity contribution >= 4 is 5.78 Å². The molecule has 0 aliphatic rings. The van der Waals surface area contributed by atoms with E-state index in [9.17, 15) is 22.4 Å². The van der Waals surface area contributed by atoms with Gasteiger partial charge in [0.05, 0.1) is 12.1 Å². The maximum atomic E-state index is 12.9. The third kappa shape index (κ3) is 5.37. The fourth-order valence-corrected chi connectivity index (χ4v) is 2.55. The van der Waals surface area contributed by atoms with Gasteiger partial charge in [0.1, 0.15) is 5.82 Å². The van der Waals surface area contributed by atoms with E-state index in [1.807, 2.05) is 19.0 Å². The molecule has 0 radical (unpaired) electrons. The number of alkyl halides is 3. The Hall–Kier alpha value is -2.25. The van der Waals surface area contributed by atoms with Crippen molar-refractivity contribution in [3.63, 3.8) is 0 Å². The normalized spacial score (nSPS) is 13.0. The first-order chi connectivity index (χ1) is 12.2. The van der Waals surface area contributed by atoms with Crippen LogP contribution in [-0.4, -0.2) is 37.9 Å². The number of Topliss-reactive ketones (excluding diaryl/α,β-unsaturated/α-hetero) is 1. The molecule has 0 saturated heterocycles. The van der Waals surface area contributed by atoms with E-state index in [0.29, 0.717) is 17.7 Å². The van der Waals surface area contributed by atoms with E-state index in [1.54, 1.807) is 0 Å². The zero-order valence-electron chi connectivity index (χ0n) is 14.5. The predicted molar refractivity (Wildman–Crippen MR) is 91.5 cm³/mol. The van der Waals surface area contributed by atoms with Crippen molar-refractivity contribution in [3.05, 3.63) is 71.0 Å². The van der Waals surface area contributed by atoms with Crippen LogP contribution in [0.3, 0.4) is 0 Å². The Morgan fingerprint density at radius 1 is 1.04 bits per heavy atom. The minimum atomic E-state index is -4.37. The zero-order chi connectivity index (χ0) is 19.3. The quantitative estimate of drug-likeness (QED) is 0.594. The summed E-state index contributed by atoms with van der Waals surface area (Å²) in [5.41, 5.74) is 0.415. The van der Waals surface area contributed by atoms with Crippen LogP contribution >= 0.6 is 0 Å². The van der Waals surface area contributed by atoms with Gasteiger partial charge >= 0.3 is 6.18 Å². The van der Waals surface area contributed by atoms with Gasteiger partial charge in [-0.05, 0) is 56.1 Å². The fourth-order valence-electron chi connectivity index (χ4n) is 2.55. The first kappa shape index (κ1) is 20.1. The molecule has 140 valence electrons. The number of carbonyl (C=O) groups is 1. The highest BCUT2D eigenvalue weighted by Gasteiger charge is 2.30. The minimum Gasteiger partial charge on any atom is -0.308 e. The number of nitrogens with zero attached hydrogens (tertiary/aromatic N) is 1. The second-order valence-corrected chi connectivity index (χ2v) is 6.16. The monoisotopic (exact) mass is 368 g/mol. The number of rotatable bonds is 7. The highest BCUT2D eigenvalue weighted by atomic mass is 19.4. The smallest absolute Gasteiger partial charge is 0.308 e. The molecule has 26 heavy (non-hydrogen) atoms. The Balaban J connectivity index is 1.98. The number of carbonyl (C=O) groups excluding carboxylic acids is 1. The summed E-state index contributed by atoms with van der Waals surface area (Å²) >= 11 is 0. The number of ketones is 1. The molecule has 2 rings (SSSR count). The van der Waals surface area contributed by atoms with Crippen molar-refractivity contribution in [1.29, 1.82) is 0 Å². The summed E-state index contributed by atoms with van der Waals surface area (Å²) in [7, 11) is 3.62. The molecule has 0 amide bonds. The maximum absolute atomic E-state index is 12.9. The Labute approximate surface area is 149 Å². The molecule has 0 fully saturated rings. The summed E-state index contributed by atoms with van der Waals surface area (Å²) in [5.74, 6) is -0.598. The van der Waals surface area contributed by atoms with E-state index < -0.39 is 17.6 Å². The average Bonchev–Trinajstić information content (AvgIpc) is 2.58. The first-order valence-corrected chi connectivity index (χ1v) is 8.01. The predicted octanol–water partition coefficient (Wildman–Crippen LogP) is 3.92. The molecule has 3 nitrogen and oxygen atoms in total. The number of hydrogen-bond donors (Lipinski definition) is 1. The molecule has 1 N–H and O–H groups in total. The van der Waals surface area contributed by atoms with Crippen LogP contribution in [0.5, 0.6) is 0 Å². The van der Waals surface area contributed by atoms with E-state index in [4.69, 9.17) is 0 Å². The van der Waals surface area contributed by atoms with Gasteiger partial charge in [-0.1, -0.05) is 12.1 Å². The van der Waals surface area contributed by atoms with Crippen LogP contribution in [0.4, 0.5) is 17.6 Å². The number of nitrogens with one attached hydrogen (secondary N) is 1. The lowest BCUT2D eigenvalue weighted by Gasteiger charge is -2.25. The lowest BCUT2D eigenvalue weighted by molar-refractivity contribution is -0.137. The van der Waals surface area contributed by atoms with E-state index in [2.05, 4.69) is 5.32 Å². The average molecular weight is 368 g/mol. The number of halogens is 4. The van der Waals surface area contributed by atoms with Crippen LogP contribution in [-0.2, 0) is 6.18 Å². The van der Waals surface area contributed by atoms with Crippen molar-refractivity contribution in [1.82, 2.24) is 10.2 Å². The molecule has 2 aromatic carbocycles. The van der Waals surface area contributed by atoms with E-state index in [1.165, 1.54) is 36.4 Å². The lowest BCUT2D eigenvalue weighted by atomic mass is 10.0. The van der Waals surface area contributed by atoms with Gasteiger partial charge in [0.25, 0.3) is 0 Å². The topological polar surface area (TPSA) is 32.3 Å². The van der Waals surface area contributed by atoms with Crippen LogP contribution < -0.4 is 5.32 Å². The van der Waals surface area contributed by atoms with Crippen LogP contribution in [0.2, 0.25) is 0 Å². The third-order valence-corrected chi connectivity index (χ3v) is 4.04. The van der Waals surface area contributed by atoms with Crippen molar-refractivity contribution in [3.8, 4) is 0 Å². The van der Waals surface area contributed by atoms with E-state index in [0.717, 1.165) is 12.1 Å². The molecule has 1 unspecified atom stereocenters. The maximum Gasteiger partial charge on any atom is 0.416 e. The summed E-state index contributed by atoms with van der Waals surface area (Å²) in [6, 6.07) is 10.1. The SMILES string of the molecule is CN(C)C(CNCC(=O)c1ccc(F)cc1)c1ccc(C(F)(F)F)cc1. The Morgan fingerprint density at radius 3 is 2.12 bits per heavy atom. The van der Waals surface area contributed by atoms with Gasteiger partial charge in [0, 0.05) is 18.2 Å². The summed E-state index contributed by atoms with van der Waals surface area (Å²) in [5, 5.41) is 3.02. The molecule has 2 aromatic rings. The minimum absolute atomic E-state index is 0.0522. The van der Waals surface area contributed by atoms with Gasteiger partial charge in [0.2, 0.25) is 0 Å². The molecule has 0 saturated carbocycles. The van der Waals surface area contributed by atoms with Crippen LogP contribution in [0.15, 0.2) is 48.5 Å². The standard InChI is InChI=1S/C19H20F4N2O/c1-25(2)17(13-3-7-15(8-4-13)19(21,22)23)11-24-12-18(26)14-5-9-16(20)10-6-14/h3-10,17,24H,11-12H2,1-2H3. The molecule has 7 heteroatoms. The van der Waals surface area contributed by atoms with Crippen molar-refractivity contribution in [2.45, 2.75) is 12.2 Å². The summed E-state index contributed by atoms with van der Waals surface area (Å²) < 4.78 is 50.9. The lowest BCUT2D eigenvalue weighted by Crippen LogP contribution is -2.33. The van der Waals surface area contributed by atoms with Gasteiger partial charge in [-0.2, -0.15) is 13.2 Å². The fraction of sp³-hybridized carbons (Fsp3) is 0.316. The highest BCUT2D eigenvalue weighted by molar-refractivity contribution is 5.97. The second-order valence-electron chi connectivity index (χ2n) is 6.16. The summed E-state index contributed by atoms with van der Waals surface area (Å²) in [4.78, 5) is 13.9. The molecular formula is C19H20F4N2O. The number of hydrogen-bond acceptors (Lipinski definition) is 3. The third-order valence-electron chi connectivity index (χ3n) is 4.04. The summed E-state index contributed by atoms with van der Waals surface area (Å²) in [6.45, 7) is 0.432. The van der Waals surface area contributed by atoms with Crippen molar-refractivity contribution in [2.75, 3.05) is 27.2 Å². The zero-order valence-corrected chi connectivity index (χ0v) is 14.5. The van der Waals surface area contributed by atoms with Gasteiger partial charge in [0.15, 0.2) is 5.78 Å². The second kappa shape index (κ2) is 8.42. The van der Waals surface area contributed by atoms with Crippen molar-refractivity contribution < 1.29 is 22.4 Å². The Kier molecular flexibility index (Phi) is 6.50. The Morgan fingerprint density at radius 2 is 1.62 bits per heavy atom. The van der Waals surface area contributed by atoms with E-state index in [-0.39, 0.29) is 18.4 Å². The number of benzene rings is 2. The summed E-state index contributed by atoms with van der Waals surface area (Å²) in [6.07, 6.45) is -4.37. The molecule has 0 aromatic heterocycles. The molecule has 0 aliphatic heterocycles. The largest absolute Gasteiger partial charge is 0.416 e. The molecular weight excluding hydrogens is 348 g/mol. The van der Waals surface area contributed by atoms with Gasteiger partial charge in [-0.15, -0.1) is 0 Å².